The highest BCUT2D eigenvalue weighted by Crippen LogP contribution is 2.45. The lowest BCUT2D eigenvalue weighted by Crippen LogP contribution is -2.38. The third-order valence-electron chi connectivity index (χ3n) is 7.35. The first-order chi connectivity index (χ1) is 15.0. The summed E-state index contributed by atoms with van der Waals surface area (Å²) in [5.74, 6) is 1.53. The Morgan fingerprint density at radius 2 is 1.90 bits per heavy atom. The van der Waals surface area contributed by atoms with Crippen LogP contribution in [0.2, 0.25) is 0 Å². The highest BCUT2D eigenvalue weighted by Gasteiger charge is 2.39. The highest BCUT2D eigenvalue weighted by atomic mass is 32.1. The summed E-state index contributed by atoms with van der Waals surface area (Å²) in [5.41, 5.74) is 4.18. The summed E-state index contributed by atoms with van der Waals surface area (Å²) in [6, 6.07) is 10.9. The zero-order valence-electron chi connectivity index (χ0n) is 18.9. The largest absolute Gasteiger partial charge is 0.375 e. The number of nitrogens with zero attached hydrogens (tertiary/aromatic N) is 2. The third-order valence-corrected chi connectivity index (χ3v) is 8.62. The summed E-state index contributed by atoms with van der Waals surface area (Å²) >= 11 is 1.60. The molecule has 1 unspecified atom stereocenters. The lowest BCUT2D eigenvalue weighted by Gasteiger charge is -2.41. The summed E-state index contributed by atoms with van der Waals surface area (Å²) in [7, 11) is 2.12. The monoisotopic (exact) mass is 435 g/mol. The van der Waals surface area contributed by atoms with Crippen molar-refractivity contribution in [3.8, 4) is 6.07 Å². The van der Waals surface area contributed by atoms with Gasteiger partial charge < -0.3 is 10.2 Å². The van der Waals surface area contributed by atoms with Crippen LogP contribution >= 0.6 is 11.3 Å². The number of anilines is 2. The van der Waals surface area contributed by atoms with E-state index in [2.05, 4.69) is 54.5 Å². The van der Waals surface area contributed by atoms with Crippen LogP contribution in [0.25, 0.3) is 0 Å². The standard InChI is InChI=1S/C26H33N3OS/c1-17-6-12-21(13-7-17)29(3)14-4-5-24-18(2)23(16-27)26(31-24)28-25(30)22-15-19-8-10-20(22)11-9-19/h6-7,12-13,19-20,22H,4-5,8-11,14-15H2,1-3H3,(H,28,30). The van der Waals surface area contributed by atoms with Crippen LogP contribution in [0.4, 0.5) is 10.7 Å². The zero-order chi connectivity index (χ0) is 22.0. The molecule has 0 spiro atoms. The predicted molar refractivity (Wildman–Crippen MR) is 129 cm³/mol. The van der Waals surface area contributed by atoms with Crippen molar-refractivity contribution in [3.05, 3.63) is 45.8 Å². The summed E-state index contributed by atoms with van der Waals surface area (Å²) in [6.07, 6.45) is 7.92. The fourth-order valence-corrected chi connectivity index (χ4v) is 6.53. The van der Waals surface area contributed by atoms with E-state index in [-0.39, 0.29) is 11.8 Å². The number of carbonyl (C=O) groups excluding carboxylic acids is 1. The molecule has 0 saturated heterocycles. The molecule has 0 aliphatic heterocycles. The minimum Gasteiger partial charge on any atom is -0.375 e. The number of carbonyl (C=O) groups is 1. The summed E-state index contributed by atoms with van der Waals surface area (Å²) in [6.45, 7) is 5.08. The Kier molecular flexibility index (Phi) is 6.67. The Morgan fingerprint density at radius 1 is 1.19 bits per heavy atom. The van der Waals surface area contributed by atoms with Crippen LogP contribution in [-0.2, 0) is 11.2 Å². The van der Waals surface area contributed by atoms with Gasteiger partial charge in [0.05, 0.1) is 5.56 Å². The van der Waals surface area contributed by atoms with Gasteiger partial charge in [-0.1, -0.05) is 30.5 Å². The van der Waals surface area contributed by atoms with Crippen molar-refractivity contribution in [2.24, 2.45) is 17.8 Å². The van der Waals surface area contributed by atoms with Crippen LogP contribution in [0.1, 0.15) is 60.1 Å². The van der Waals surface area contributed by atoms with Crippen molar-refractivity contribution in [3.63, 3.8) is 0 Å². The van der Waals surface area contributed by atoms with E-state index in [1.165, 1.54) is 41.8 Å². The maximum absolute atomic E-state index is 13.0. The molecule has 164 valence electrons. The number of rotatable bonds is 7. The number of aryl methyl sites for hydroxylation is 2. The van der Waals surface area contributed by atoms with E-state index in [1.807, 2.05) is 6.92 Å². The Labute approximate surface area is 190 Å². The number of fused-ring (bicyclic) bond motifs is 3. The Hall–Kier alpha value is -2.32. The molecule has 31 heavy (non-hydrogen) atoms. The van der Waals surface area contributed by atoms with Gasteiger partial charge in [-0.15, -0.1) is 11.3 Å². The second kappa shape index (κ2) is 9.44. The van der Waals surface area contributed by atoms with Crippen LogP contribution < -0.4 is 10.2 Å². The number of benzene rings is 1. The van der Waals surface area contributed by atoms with Crippen LogP contribution in [0.5, 0.6) is 0 Å². The molecular formula is C26H33N3OS. The molecule has 1 N–H and O–H groups in total. The number of amides is 1. The van der Waals surface area contributed by atoms with Crippen molar-refractivity contribution in [1.29, 1.82) is 5.26 Å². The second-order valence-corrected chi connectivity index (χ2v) is 10.5. The van der Waals surface area contributed by atoms with Crippen LogP contribution in [0.3, 0.4) is 0 Å². The Morgan fingerprint density at radius 3 is 2.52 bits per heavy atom. The summed E-state index contributed by atoms with van der Waals surface area (Å²) in [5, 5.41) is 13.6. The third kappa shape index (κ3) is 4.80. The van der Waals surface area contributed by atoms with Crippen LogP contribution in [0, 0.1) is 42.9 Å². The van der Waals surface area contributed by atoms with E-state index < -0.39 is 0 Å². The molecule has 2 aromatic rings. The van der Waals surface area contributed by atoms with Crippen LogP contribution in [-0.4, -0.2) is 19.5 Å². The smallest absolute Gasteiger partial charge is 0.228 e. The van der Waals surface area contributed by atoms with E-state index in [0.29, 0.717) is 11.5 Å². The lowest BCUT2D eigenvalue weighted by atomic mass is 9.64. The Bertz CT molecular complexity index is 964. The fourth-order valence-electron chi connectivity index (χ4n) is 5.33. The maximum Gasteiger partial charge on any atom is 0.228 e. The number of nitriles is 1. The molecule has 1 aromatic heterocycles. The molecule has 3 aliphatic carbocycles. The number of thiophene rings is 1. The second-order valence-electron chi connectivity index (χ2n) is 9.44. The molecule has 3 aliphatic rings. The molecule has 1 aromatic carbocycles. The fraction of sp³-hybridized carbons (Fsp3) is 0.538. The molecule has 0 radical (unpaired) electrons. The average Bonchev–Trinajstić information content (AvgIpc) is 3.08. The van der Waals surface area contributed by atoms with Gasteiger partial charge in [-0.25, -0.2) is 0 Å². The average molecular weight is 436 g/mol. The normalized spacial score (nSPS) is 22.2. The van der Waals surface area contributed by atoms with Crippen molar-refractivity contribution in [2.75, 3.05) is 23.8 Å². The van der Waals surface area contributed by atoms with Crippen molar-refractivity contribution >= 4 is 27.9 Å². The molecule has 4 nitrogen and oxygen atoms in total. The molecular weight excluding hydrogens is 402 g/mol. The minimum absolute atomic E-state index is 0.132. The topological polar surface area (TPSA) is 56.1 Å². The first-order valence-corrected chi connectivity index (χ1v) is 12.4. The molecule has 3 fully saturated rings. The SMILES string of the molecule is Cc1ccc(N(C)CCCc2sc(NC(=O)C3CC4CCC3CC4)c(C#N)c2C)cc1. The molecule has 1 heterocycles. The highest BCUT2D eigenvalue weighted by molar-refractivity contribution is 7.16. The van der Waals surface area contributed by atoms with E-state index in [9.17, 15) is 10.1 Å². The van der Waals surface area contributed by atoms with Crippen molar-refractivity contribution in [2.45, 2.75) is 58.8 Å². The minimum atomic E-state index is 0.132. The van der Waals surface area contributed by atoms with Gasteiger partial charge >= 0.3 is 0 Å². The van der Waals surface area contributed by atoms with Crippen LogP contribution in [0.15, 0.2) is 24.3 Å². The number of hydrogen-bond donors (Lipinski definition) is 1. The van der Waals surface area contributed by atoms with Crippen molar-refractivity contribution in [1.82, 2.24) is 0 Å². The van der Waals surface area contributed by atoms with E-state index in [0.717, 1.165) is 42.3 Å². The van der Waals surface area contributed by atoms with Crippen molar-refractivity contribution < 1.29 is 4.79 Å². The predicted octanol–water partition coefficient (Wildman–Crippen LogP) is 6.07. The molecule has 1 atom stereocenters. The molecule has 2 bridgehead atoms. The number of nitrogens with one attached hydrogen (secondary N) is 1. The molecule has 1 amide bonds. The van der Waals surface area contributed by atoms with Gasteiger partial charge in [0.2, 0.25) is 5.91 Å². The van der Waals surface area contributed by atoms with E-state index in [1.54, 1.807) is 11.3 Å². The summed E-state index contributed by atoms with van der Waals surface area (Å²) in [4.78, 5) is 16.5. The van der Waals surface area contributed by atoms with Gasteiger partial charge in [0.1, 0.15) is 11.1 Å². The van der Waals surface area contributed by atoms with Gasteiger partial charge in [-0.05, 0) is 75.5 Å². The van der Waals surface area contributed by atoms with Gasteiger partial charge in [-0.2, -0.15) is 5.26 Å². The number of hydrogen-bond acceptors (Lipinski definition) is 4. The van der Waals surface area contributed by atoms with E-state index in [4.69, 9.17) is 0 Å². The van der Waals surface area contributed by atoms with Gasteiger partial charge in [0.25, 0.3) is 0 Å². The summed E-state index contributed by atoms with van der Waals surface area (Å²) < 4.78 is 0. The van der Waals surface area contributed by atoms with E-state index >= 15 is 0 Å². The van der Waals surface area contributed by atoms with Gasteiger partial charge in [0, 0.05) is 30.1 Å². The quantitative estimate of drug-likeness (QED) is 0.574. The molecule has 3 saturated carbocycles. The zero-order valence-corrected chi connectivity index (χ0v) is 19.7. The first-order valence-electron chi connectivity index (χ1n) is 11.6. The Balaban J connectivity index is 1.37. The molecule has 5 heteroatoms. The first kappa shape index (κ1) is 21.9. The van der Waals surface area contributed by atoms with Gasteiger partial charge in [0.15, 0.2) is 0 Å². The maximum atomic E-state index is 13.0. The lowest BCUT2D eigenvalue weighted by molar-refractivity contribution is -0.124. The molecule has 5 rings (SSSR count). The van der Waals surface area contributed by atoms with Gasteiger partial charge in [-0.3, -0.25) is 4.79 Å².